The molecule has 6 rings (SSSR count). The number of amides is 1. The third-order valence-electron chi connectivity index (χ3n) is 6.99. The van der Waals surface area contributed by atoms with Crippen LogP contribution in [0.25, 0.3) is 16.9 Å². The van der Waals surface area contributed by atoms with E-state index in [1.807, 2.05) is 89.5 Å². The standard InChI is InChI=1S/C34H30ClN7O2/c1-44-29-17-15-26(16-18-29)38-34-39-32(41(21-24-9-4-2-5-10-24)22-25-11-6-3-7-12-25)31-33(40-34)42(23-36-31)28-14-8-13-27(19-28)37-30(43)20-35/h2-19,23H,20-22H2,1H3,(H,37,43)(H,38,39,40). The van der Waals surface area contributed by atoms with E-state index in [9.17, 15) is 4.79 Å². The van der Waals surface area contributed by atoms with Gasteiger partial charge in [0.05, 0.1) is 12.8 Å². The van der Waals surface area contributed by atoms with E-state index < -0.39 is 0 Å². The molecule has 2 N–H and O–H groups in total. The summed E-state index contributed by atoms with van der Waals surface area (Å²) in [5.41, 5.74) is 5.74. The van der Waals surface area contributed by atoms with E-state index in [2.05, 4.69) is 39.8 Å². The van der Waals surface area contributed by atoms with Crippen LogP contribution >= 0.6 is 11.6 Å². The average molecular weight is 604 g/mol. The Morgan fingerprint density at radius 3 is 2.16 bits per heavy atom. The Bertz CT molecular complexity index is 1820. The third-order valence-corrected chi connectivity index (χ3v) is 7.23. The summed E-state index contributed by atoms with van der Waals surface area (Å²) in [6.45, 7) is 1.22. The van der Waals surface area contributed by atoms with Crippen LogP contribution in [0.2, 0.25) is 0 Å². The highest BCUT2D eigenvalue weighted by Gasteiger charge is 2.21. The molecule has 0 unspecified atom stereocenters. The largest absolute Gasteiger partial charge is 0.497 e. The molecule has 44 heavy (non-hydrogen) atoms. The first kappa shape index (κ1) is 28.7. The van der Waals surface area contributed by atoms with Crippen LogP contribution in [0.3, 0.4) is 0 Å². The summed E-state index contributed by atoms with van der Waals surface area (Å²) in [6.07, 6.45) is 1.73. The second-order valence-electron chi connectivity index (χ2n) is 10.1. The molecule has 0 saturated carbocycles. The molecular formula is C34H30ClN7O2. The highest BCUT2D eigenvalue weighted by atomic mass is 35.5. The summed E-state index contributed by atoms with van der Waals surface area (Å²) in [7, 11) is 1.64. The van der Waals surface area contributed by atoms with Gasteiger partial charge in [-0.05, 0) is 53.6 Å². The smallest absolute Gasteiger partial charge is 0.239 e. The zero-order chi connectivity index (χ0) is 30.3. The fourth-order valence-electron chi connectivity index (χ4n) is 4.90. The number of anilines is 4. The van der Waals surface area contributed by atoms with Gasteiger partial charge in [-0.15, -0.1) is 11.6 Å². The van der Waals surface area contributed by atoms with E-state index in [4.69, 9.17) is 31.3 Å². The average Bonchev–Trinajstić information content (AvgIpc) is 3.49. The van der Waals surface area contributed by atoms with Crippen molar-refractivity contribution >= 4 is 51.8 Å². The van der Waals surface area contributed by atoms with Gasteiger partial charge in [-0.25, -0.2) is 4.98 Å². The zero-order valence-corrected chi connectivity index (χ0v) is 24.8. The number of benzene rings is 4. The number of ether oxygens (including phenoxy) is 1. The van der Waals surface area contributed by atoms with Gasteiger partial charge in [0.25, 0.3) is 0 Å². The molecule has 0 aliphatic rings. The van der Waals surface area contributed by atoms with Crippen molar-refractivity contribution in [3.63, 3.8) is 0 Å². The van der Waals surface area contributed by atoms with Crippen LogP contribution in [0.5, 0.6) is 5.75 Å². The molecule has 0 radical (unpaired) electrons. The monoisotopic (exact) mass is 603 g/mol. The lowest BCUT2D eigenvalue weighted by atomic mass is 10.1. The van der Waals surface area contributed by atoms with Gasteiger partial charge in [-0.2, -0.15) is 9.97 Å². The molecule has 0 fully saturated rings. The van der Waals surface area contributed by atoms with Crippen molar-refractivity contribution in [3.05, 3.63) is 127 Å². The third kappa shape index (κ3) is 6.63. The molecule has 6 aromatic rings. The minimum atomic E-state index is -0.285. The quantitative estimate of drug-likeness (QED) is 0.155. The first-order valence-corrected chi connectivity index (χ1v) is 14.6. The minimum Gasteiger partial charge on any atom is -0.497 e. The second kappa shape index (κ2) is 13.3. The molecule has 0 aliphatic heterocycles. The summed E-state index contributed by atoms with van der Waals surface area (Å²) < 4.78 is 7.21. The highest BCUT2D eigenvalue weighted by molar-refractivity contribution is 6.29. The maximum Gasteiger partial charge on any atom is 0.239 e. The van der Waals surface area contributed by atoms with Crippen molar-refractivity contribution in [2.45, 2.75) is 13.1 Å². The molecule has 1 amide bonds. The van der Waals surface area contributed by atoms with Gasteiger partial charge in [0, 0.05) is 24.5 Å². The number of methoxy groups -OCH3 is 1. The lowest BCUT2D eigenvalue weighted by molar-refractivity contribution is -0.113. The van der Waals surface area contributed by atoms with Gasteiger partial charge in [0.2, 0.25) is 11.9 Å². The number of carbonyl (C=O) groups is 1. The predicted octanol–water partition coefficient (Wildman–Crippen LogP) is 6.95. The number of nitrogens with one attached hydrogen (secondary N) is 2. The van der Waals surface area contributed by atoms with Crippen LogP contribution < -0.4 is 20.3 Å². The van der Waals surface area contributed by atoms with Crippen LogP contribution in [-0.4, -0.2) is 38.4 Å². The molecule has 0 bridgehead atoms. The number of alkyl halides is 1. The van der Waals surface area contributed by atoms with Crippen LogP contribution in [0.4, 0.5) is 23.1 Å². The topological polar surface area (TPSA) is 97.2 Å². The minimum absolute atomic E-state index is 0.131. The summed E-state index contributed by atoms with van der Waals surface area (Å²) in [5.74, 6) is 1.44. The molecule has 9 nitrogen and oxygen atoms in total. The molecule has 0 aliphatic carbocycles. The normalized spacial score (nSPS) is 10.9. The van der Waals surface area contributed by atoms with Crippen LogP contribution in [-0.2, 0) is 17.9 Å². The van der Waals surface area contributed by atoms with Gasteiger partial charge in [-0.1, -0.05) is 66.7 Å². The predicted molar refractivity (Wildman–Crippen MR) is 175 cm³/mol. The summed E-state index contributed by atoms with van der Waals surface area (Å²) in [6, 6.07) is 35.6. The van der Waals surface area contributed by atoms with E-state index in [0.29, 0.717) is 41.7 Å². The van der Waals surface area contributed by atoms with Gasteiger partial charge in [-0.3, -0.25) is 9.36 Å². The highest BCUT2D eigenvalue weighted by Crippen LogP contribution is 2.30. The molecule has 2 heterocycles. The number of fused-ring (bicyclic) bond motifs is 1. The molecule has 4 aromatic carbocycles. The first-order valence-electron chi connectivity index (χ1n) is 14.0. The molecule has 10 heteroatoms. The fourth-order valence-corrected chi connectivity index (χ4v) is 4.96. The zero-order valence-electron chi connectivity index (χ0n) is 24.0. The Kier molecular flexibility index (Phi) is 8.65. The van der Waals surface area contributed by atoms with E-state index in [1.165, 1.54) is 0 Å². The van der Waals surface area contributed by atoms with Crippen molar-refractivity contribution in [3.8, 4) is 11.4 Å². The number of hydrogen-bond donors (Lipinski definition) is 2. The van der Waals surface area contributed by atoms with Crippen LogP contribution in [0.1, 0.15) is 11.1 Å². The fraction of sp³-hybridized carbons (Fsp3) is 0.118. The van der Waals surface area contributed by atoms with Gasteiger partial charge >= 0.3 is 0 Å². The maximum absolute atomic E-state index is 12.0. The Hall–Kier alpha value is -5.41. The first-order chi connectivity index (χ1) is 21.6. The van der Waals surface area contributed by atoms with Crippen molar-refractivity contribution in [2.24, 2.45) is 0 Å². The molecule has 220 valence electrons. The Labute approximate surface area is 260 Å². The van der Waals surface area contributed by atoms with Crippen LogP contribution in [0, 0.1) is 0 Å². The molecule has 0 spiro atoms. The van der Waals surface area contributed by atoms with Crippen molar-refractivity contribution in [2.75, 3.05) is 28.5 Å². The Morgan fingerprint density at radius 2 is 1.52 bits per heavy atom. The van der Waals surface area contributed by atoms with E-state index >= 15 is 0 Å². The van der Waals surface area contributed by atoms with Gasteiger partial charge < -0.3 is 20.3 Å². The molecule has 0 saturated heterocycles. The van der Waals surface area contributed by atoms with Gasteiger partial charge in [0.1, 0.15) is 18.0 Å². The Morgan fingerprint density at radius 1 is 0.841 bits per heavy atom. The van der Waals surface area contributed by atoms with Crippen molar-refractivity contribution in [1.29, 1.82) is 0 Å². The number of nitrogens with zero attached hydrogens (tertiary/aromatic N) is 5. The SMILES string of the molecule is COc1ccc(Nc2nc(N(Cc3ccccc3)Cc3ccccc3)c3ncn(-c4cccc(NC(=O)CCl)c4)c3n2)cc1. The van der Waals surface area contributed by atoms with Gasteiger partial charge in [0.15, 0.2) is 17.0 Å². The van der Waals surface area contributed by atoms with Crippen LogP contribution in [0.15, 0.2) is 116 Å². The van der Waals surface area contributed by atoms with E-state index in [-0.39, 0.29) is 11.8 Å². The summed E-state index contributed by atoms with van der Waals surface area (Å²) in [4.78, 5) is 29.0. The summed E-state index contributed by atoms with van der Waals surface area (Å²) in [5, 5.41) is 6.18. The number of aromatic nitrogens is 4. The number of rotatable bonds is 11. The Balaban J connectivity index is 1.48. The van der Waals surface area contributed by atoms with E-state index in [1.54, 1.807) is 13.4 Å². The molecule has 0 atom stereocenters. The second-order valence-corrected chi connectivity index (χ2v) is 10.3. The number of imidazole rings is 1. The van der Waals surface area contributed by atoms with E-state index in [0.717, 1.165) is 28.3 Å². The molecular weight excluding hydrogens is 574 g/mol. The summed E-state index contributed by atoms with van der Waals surface area (Å²) >= 11 is 5.72. The lowest BCUT2D eigenvalue weighted by Gasteiger charge is -2.25. The molecule has 2 aromatic heterocycles. The number of halogens is 1. The number of hydrogen-bond acceptors (Lipinski definition) is 7. The van der Waals surface area contributed by atoms with Crippen molar-refractivity contribution < 1.29 is 9.53 Å². The number of carbonyl (C=O) groups excluding carboxylic acids is 1. The van der Waals surface area contributed by atoms with Crippen molar-refractivity contribution in [1.82, 2.24) is 19.5 Å². The maximum atomic E-state index is 12.0. The lowest BCUT2D eigenvalue weighted by Crippen LogP contribution is -2.24.